The van der Waals surface area contributed by atoms with Gasteiger partial charge in [0.2, 0.25) is 5.91 Å². The molecule has 1 saturated carbocycles. The van der Waals surface area contributed by atoms with Gasteiger partial charge < -0.3 is 10.4 Å². The predicted octanol–water partition coefficient (Wildman–Crippen LogP) is 3.21. The Labute approximate surface area is 122 Å². The zero-order chi connectivity index (χ0) is 15.2. The Morgan fingerprint density at radius 3 is 2.30 bits per heavy atom. The first-order valence-electron chi connectivity index (χ1n) is 7.89. The van der Waals surface area contributed by atoms with Crippen LogP contribution in [0.3, 0.4) is 0 Å². The molecule has 1 fully saturated rings. The first-order chi connectivity index (χ1) is 9.39. The molecule has 1 aliphatic carbocycles. The number of aliphatic carboxylic acids is 1. The number of amides is 1. The average molecular weight is 283 g/mol. The average Bonchev–Trinajstić information content (AvgIpc) is 2.82. The van der Waals surface area contributed by atoms with Crippen molar-refractivity contribution >= 4 is 11.9 Å². The lowest BCUT2D eigenvalue weighted by Gasteiger charge is -2.30. The Morgan fingerprint density at radius 1 is 1.25 bits per heavy atom. The van der Waals surface area contributed by atoms with Crippen molar-refractivity contribution in [2.45, 2.75) is 65.7 Å². The summed E-state index contributed by atoms with van der Waals surface area (Å²) >= 11 is 0. The quantitative estimate of drug-likeness (QED) is 0.719. The molecule has 0 saturated heterocycles. The fourth-order valence-electron chi connectivity index (χ4n) is 3.39. The van der Waals surface area contributed by atoms with Crippen molar-refractivity contribution in [2.24, 2.45) is 17.3 Å². The van der Waals surface area contributed by atoms with Gasteiger partial charge in [-0.25, -0.2) is 0 Å². The monoisotopic (exact) mass is 283 g/mol. The summed E-state index contributed by atoms with van der Waals surface area (Å²) < 4.78 is 0. The summed E-state index contributed by atoms with van der Waals surface area (Å²) in [6.45, 7) is 6.78. The Kier molecular flexibility index (Phi) is 6.50. The van der Waals surface area contributed by atoms with Crippen molar-refractivity contribution in [3.8, 4) is 0 Å². The van der Waals surface area contributed by atoms with Gasteiger partial charge in [-0.3, -0.25) is 9.59 Å². The van der Waals surface area contributed by atoms with E-state index in [1.54, 1.807) is 0 Å². The van der Waals surface area contributed by atoms with Crippen LogP contribution in [0.2, 0.25) is 0 Å². The van der Waals surface area contributed by atoms with Crippen LogP contribution >= 0.6 is 0 Å². The van der Waals surface area contributed by atoms with E-state index in [0.717, 1.165) is 38.5 Å². The lowest BCUT2D eigenvalue weighted by molar-refractivity contribution is -0.138. The Morgan fingerprint density at radius 2 is 1.85 bits per heavy atom. The van der Waals surface area contributed by atoms with Gasteiger partial charge in [-0.05, 0) is 31.1 Å². The molecular formula is C16H29NO3. The van der Waals surface area contributed by atoms with E-state index >= 15 is 0 Å². The summed E-state index contributed by atoms with van der Waals surface area (Å²) in [6, 6.07) is 0. The molecule has 1 amide bonds. The number of carboxylic acids is 1. The van der Waals surface area contributed by atoms with Gasteiger partial charge in [0.05, 0.1) is 0 Å². The van der Waals surface area contributed by atoms with E-state index in [-0.39, 0.29) is 23.7 Å². The molecule has 1 rings (SSSR count). The lowest BCUT2D eigenvalue weighted by Crippen LogP contribution is -2.42. The van der Waals surface area contributed by atoms with Crippen molar-refractivity contribution in [1.29, 1.82) is 0 Å². The van der Waals surface area contributed by atoms with Crippen LogP contribution in [0.25, 0.3) is 0 Å². The molecule has 1 aliphatic rings. The molecule has 0 spiro atoms. The van der Waals surface area contributed by atoms with Crippen LogP contribution in [-0.2, 0) is 9.59 Å². The molecule has 0 aromatic carbocycles. The van der Waals surface area contributed by atoms with Crippen LogP contribution in [0.15, 0.2) is 0 Å². The van der Waals surface area contributed by atoms with Crippen LogP contribution in [-0.4, -0.2) is 23.5 Å². The molecule has 0 radical (unpaired) electrons. The third kappa shape index (κ3) is 4.80. The lowest BCUT2D eigenvalue weighted by atomic mass is 9.77. The zero-order valence-corrected chi connectivity index (χ0v) is 13.1. The zero-order valence-electron chi connectivity index (χ0n) is 13.1. The van der Waals surface area contributed by atoms with Gasteiger partial charge in [0.1, 0.15) is 0 Å². The van der Waals surface area contributed by atoms with Crippen LogP contribution in [0.5, 0.6) is 0 Å². The molecule has 1 atom stereocenters. The molecule has 4 nitrogen and oxygen atoms in total. The van der Waals surface area contributed by atoms with Crippen LogP contribution < -0.4 is 5.32 Å². The van der Waals surface area contributed by atoms with Gasteiger partial charge in [-0.15, -0.1) is 0 Å². The minimum Gasteiger partial charge on any atom is -0.481 e. The number of carbonyl (C=O) groups is 2. The van der Waals surface area contributed by atoms with Crippen molar-refractivity contribution in [3.05, 3.63) is 0 Å². The minimum absolute atomic E-state index is 0.0361. The second-order valence-corrected chi connectivity index (χ2v) is 6.67. The summed E-state index contributed by atoms with van der Waals surface area (Å²) in [7, 11) is 0. The summed E-state index contributed by atoms with van der Waals surface area (Å²) in [5.41, 5.74) is -0.199. The maximum atomic E-state index is 12.6. The van der Waals surface area contributed by atoms with Crippen molar-refractivity contribution < 1.29 is 14.7 Å². The molecule has 2 N–H and O–H groups in total. The molecule has 0 heterocycles. The van der Waals surface area contributed by atoms with Gasteiger partial charge in [-0.1, -0.05) is 40.0 Å². The summed E-state index contributed by atoms with van der Waals surface area (Å²) in [6.07, 6.45) is 6.07. The highest BCUT2D eigenvalue weighted by Crippen LogP contribution is 2.43. The van der Waals surface area contributed by atoms with Gasteiger partial charge in [0, 0.05) is 18.4 Å². The number of rotatable bonds is 8. The second-order valence-electron chi connectivity index (χ2n) is 6.67. The first kappa shape index (κ1) is 17.0. The van der Waals surface area contributed by atoms with Crippen molar-refractivity contribution in [2.75, 3.05) is 6.54 Å². The number of hydrogen-bond donors (Lipinski definition) is 2. The van der Waals surface area contributed by atoms with Gasteiger partial charge in [0.25, 0.3) is 0 Å². The van der Waals surface area contributed by atoms with E-state index in [0.29, 0.717) is 12.5 Å². The smallest absolute Gasteiger partial charge is 0.303 e. The SMILES string of the molecule is CCC(CNC(=O)C1(CC(C)C)CCCC1)CC(=O)O. The molecule has 0 aromatic rings. The molecule has 0 aromatic heterocycles. The van der Waals surface area contributed by atoms with Crippen LogP contribution in [0.1, 0.15) is 65.7 Å². The molecule has 0 aliphatic heterocycles. The molecule has 1 unspecified atom stereocenters. The van der Waals surface area contributed by atoms with E-state index < -0.39 is 5.97 Å². The number of hydrogen-bond acceptors (Lipinski definition) is 2. The van der Waals surface area contributed by atoms with Crippen molar-refractivity contribution in [1.82, 2.24) is 5.32 Å². The largest absolute Gasteiger partial charge is 0.481 e. The molecule has 0 bridgehead atoms. The Balaban J connectivity index is 2.56. The predicted molar refractivity (Wildman–Crippen MR) is 79.4 cm³/mol. The fraction of sp³-hybridized carbons (Fsp3) is 0.875. The van der Waals surface area contributed by atoms with Crippen molar-refractivity contribution in [3.63, 3.8) is 0 Å². The van der Waals surface area contributed by atoms with Gasteiger partial charge in [-0.2, -0.15) is 0 Å². The van der Waals surface area contributed by atoms with Crippen LogP contribution in [0, 0.1) is 17.3 Å². The normalized spacial score (nSPS) is 19.0. The summed E-state index contributed by atoms with van der Waals surface area (Å²) in [5, 5.41) is 11.9. The summed E-state index contributed by atoms with van der Waals surface area (Å²) in [5.74, 6) is -0.0924. The van der Waals surface area contributed by atoms with E-state index in [4.69, 9.17) is 5.11 Å². The molecule has 116 valence electrons. The van der Waals surface area contributed by atoms with E-state index in [1.807, 2.05) is 6.92 Å². The number of carboxylic acid groups (broad SMARTS) is 1. The van der Waals surface area contributed by atoms with E-state index in [9.17, 15) is 9.59 Å². The first-order valence-corrected chi connectivity index (χ1v) is 7.89. The topological polar surface area (TPSA) is 66.4 Å². The second kappa shape index (κ2) is 7.65. The van der Waals surface area contributed by atoms with E-state index in [1.165, 1.54) is 0 Å². The highest BCUT2D eigenvalue weighted by atomic mass is 16.4. The third-order valence-corrected chi connectivity index (χ3v) is 4.43. The highest BCUT2D eigenvalue weighted by molar-refractivity contribution is 5.83. The molecule has 20 heavy (non-hydrogen) atoms. The summed E-state index contributed by atoms with van der Waals surface area (Å²) in [4.78, 5) is 23.3. The molecular weight excluding hydrogens is 254 g/mol. The standard InChI is InChI=1S/C16H29NO3/c1-4-13(9-14(18)19)11-17-15(20)16(10-12(2)3)7-5-6-8-16/h12-13H,4-11H2,1-3H3,(H,17,20)(H,18,19). The maximum absolute atomic E-state index is 12.6. The Hall–Kier alpha value is -1.06. The molecule has 4 heteroatoms. The van der Waals surface area contributed by atoms with Gasteiger partial charge in [0.15, 0.2) is 0 Å². The third-order valence-electron chi connectivity index (χ3n) is 4.43. The minimum atomic E-state index is -0.788. The number of carbonyl (C=O) groups excluding carboxylic acids is 1. The van der Waals surface area contributed by atoms with Gasteiger partial charge >= 0.3 is 5.97 Å². The maximum Gasteiger partial charge on any atom is 0.303 e. The number of nitrogens with one attached hydrogen (secondary N) is 1. The van der Waals surface area contributed by atoms with E-state index in [2.05, 4.69) is 19.2 Å². The van der Waals surface area contributed by atoms with Crippen LogP contribution in [0.4, 0.5) is 0 Å². The Bertz CT molecular complexity index is 333. The fourth-order valence-corrected chi connectivity index (χ4v) is 3.39. The highest BCUT2D eigenvalue weighted by Gasteiger charge is 2.41.